The number of amides is 5. The zero-order valence-corrected chi connectivity index (χ0v) is 42.6. The van der Waals surface area contributed by atoms with Gasteiger partial charge in [-0.05, 0) is 86.7 Å². The molecule has 6 N–H and O–H groups in total. The Bertz CT molecular complexity index is 3000. The highest BCUT2D eigenvalue weighted by atomic mass is 79.9. The predicted molar refractivity (Wildman–Crippen MR) is 259 cm³/mol. The number of alkyl halides is 3. The van der Waals surface area contributed by atoms with Crippen LogP contribution in [0.4, 0.5) is 13.2 Å². The molecule has 0 saturated heterocycles. The van der Waals surface area contributed by atoms with Crippen molar-refractivity contribution < 1.29 is 78.5 Å². The van der Waals surface area contributed by atoms with E-state index in [2.05, 4.69) is 37.2 Å². The highest BCUT2D eigenvalue weighted by Crippen LogP contribution is 2.46. The van der Waals surface area contributed by atoms with Crippen molar-refractivity contribution in [2.24, 2.45) is 0 Å². The largest absolute Gasteiger partial charge is 0.497 e. The fourth-order valence-electron chi connectivity index (χ4n) is 7.17. The van der Waals surface area contributed by atoms with Crippen molar-refractivity contribution in [3.05, 3.63) is 133 Å². The zero-order valence-electron chi connectivity index (χ0n) is 38.7. The number of aliphatic hydroxyl groups is 1. The van der Waals surface area contributed by atoms with Crippen molar-refractivity contribution in [2.75, 3.05) is 34.6 Å². The summed E-state index contributed by atoms with van der Waals surface area (Å²) in [6.07, 6.45) is -7.13. The van der Waals surface area contributed by atoms with E-state index in [1.54, 1.807) is 35.6 Å². The lowest BCUT2D eigenvalue weighted by Gasteiger charge is -2.30. The fraction of sp³-hybridized carbons (Fsp3) is 0.255. The Morgan fingerprint density at radius 3 is 2.05 bits per heavy atom. The molecule has 26 heteroatoms. The SMILES string of the molecule is CNC(=O)[C@@H](NC(=O)[C@@H]1NC(=O)[C@H](c2ccc(OC)cc2OCc2ccccc2)NC(=O)[C@H](NC(=O)C(F)(F)F)c2cc(Br)c(OS(C)(=O)=O)c(c2)Oc2c(Cl)cc(cc2Cl)[C@@H]1O)c1cc(OC)cc(OC)c1. The molecule has 0 radical (unpaired) electrons. The first-order chi connectivity index (χ1) is 34.4. The van der Waals surface area contributed by atoms with Crippen molar-refractivity contribution >= 4 is 78.8 Å². The van der Waals surface area contributed by atoms with E-state index in [0.717, 1.165) is 24.3 Å². The summed E-state index contributed by atoms with van der Waals surface area (Å²) in [6, 6.07) is 12.3. The van der Waals surface area contributed by atoms with Crippen molar-refractivity contribution in [1.82, 2.24) is 26.6 Å². The van der Waals surface area contributed by atoms with E-state index in [1.165, 1.54) is 64.8 Å². The number of carbonyl (C=O) groups excluding carboxylic acids is 5. The number of methoxy groups -OCH3 is 3. The number of halogens is 6. The standard InChI is InChI=1S/C47H43BrCl2F3N5O14S/c1-54-42(60)35(23-13-27(68-3)19-28(14-23)69-4)55-45(63)38-39(59)25-16-31(49)41(32(50)17-25)71-34-18-24(15-30(48)40(34)72-73(5,65)66)36(58-46(64)47(51,52)53)43(61)56-37(44(62)57-38)29-12-11-26(67-2)20-33(29)70-21-22-9-7-6-8-10-22/h6-20,35-39,59H,21H2,1-5H3,(H,54,60)(H,55,63)(H,56,61)(H,57,62)(H,58,64)/t35-,36+,37-,38+,39-/m0/s1. The van der Waals surface area contributed by atoms with Gasteiger partial charge in [0.1, 0.15) is 59.9 Å². The van der Waals surface area contributed by atoms with Gasteiger partial charge in [0.05, 0.1) is 42.1 Å². The van der Waals surface area contributed by atoms with Crippen molar-refractivity contribution in [3.63, 3.8) is 0 Å². The summed E-state index contributed by atoms with van der Waals surface area (Å²) in [5.74, 6) is -8.98. The Balaban J connectivity index is 1.61. The fourth-order valence-corrected chi connectivity index (χ4v) is 8.88. The van der Waals surface area contributed by atoms with Crippen LogP contribution in [0.25, 0.3) is 0 Å². The number of nitrogens with one attached hydrogen (secondary N) is 5. The highest BCUT2D eigenvalue weighted by molar-refractivity contribution is 9.10. The number of rotatable bonds is 14. The maximum atomic E-state index is 15.2. The summed E-state index contributed by atoms with van der Waals surface area (Å²) in [5.41, 5.74) is -0.321. The number of ether oxygens (including phenoxy) is 5. The lowest BCUT2D eigenvalue weighted by molar-refractivity contribution is -0.174. The maximum absolute atomic E-state index is 15.2. The quantitative estimate of drug-likeness (QED) is 0.0677. The molecule has 5 aromatic carbocycles. The molecular weight excluding hydrogens is 1100 g/mol. The molecule has 7 rings (SSSR count). The van der Waals surface area contributed by atoms with Gasteiger partial charge in [-0.1, -0.05) is 53.5 Å². The van der Waals surface area contributed by atoms with E-state index < -0.39 is 109 Å². The number of aliphatic hydroxyl groups excluding tert-OH is 1. The predicted octanol–water partition coefficient (Wildman–Crippen LogP) is 6.20. The third-order valence-corrected chi connectivity index (χ3v) is 12.3. The summed E-state index contributed by atoms with van der Waals surface area (Å²) < 4.78 is 100. The lowest BCUT2D eigenvalue weighted by Crippen LogP contribution is -2.55. The maximum Gasteiger partial charge on any atom is 0.471 e. The van der Waals surface area contributed by atoms with Gasteiger partial charge in [-0.2, -0.15) is 21.6 Å². The highest BCUT2D eigenvalue weighted by Gasteiger charge is 2.43. The summed E-state index contributed by atoms with van der Waals surface area (Å²) in [7, 11) is 0.836. The minimum atomic E-state index is -5.61. The molecule has 5 atom stereocenters. The van der Waals surface area contributed by atoms with Crippen molar-refractivity contribution in [2.45, 2.75) is 43.1 Å². The number of benzene rings is 5. The molecule has 0 aliphatic carbocycles. The summed E-state index contributed by atoms with van der Waals surface area (Å²) in [4.78, 5) is 71.1. The molecule has 5 aromatic rings. The number of fused-ring (bicyclic) bond motifs is 9. The Morgan fingerprint density at radius 1 is 0.849 bits per heavy atom. The van der Waals surface area contributed by atoms with Crippen LogP contribution in [0.2, 0.25) is 10.0 Å². The van der Waals surface area contributed by atoms with Gasteiger partial charge in [-0.25, -0.2) is 0 Å². The molecule has 0 fully saturated rings. The molecule has 0 aromatic heterocycles. The van der Waals surface area contributed by atoms with E-state index in [1.807, 2.05) is 0 Å². The van der Waals surface area contributed by atoms with Crippen LogP contribution in [0, 0.1) is 0 Å². The Kier molecular flexibility index (Phi) is 17.6. The molecule has 2 heterocycles. The van der Waals surface area contributed by atoms with Crippen LogP contribution in [0.1, 0.15) is 52.0 Å². The van der Waals surface area contributed by atoms with Crippen LogP contribution >= 0.6 is 39.1 Å². The average Bonchev–Trinajstić information content (AvgIpc) is 3.35. The van der Waals surface area contributed by atoms with Gasteiger partial charge < -0.3 is 59.6 Å². The van der Waals surface area contributed by atoms with Crippen LogP contribution in [0.15, 0.2) is 95.5 Å². The van der Waals surface area contributed by atoms with E-state index >= 15 is 4.79 Å². The normalized spacial score (nSPS) is 17.4. The smallest absolute Gasteiger partial charge is 0.471 e. The third-order valence-electron chi connectivity index (χ3n) is 10.7. The van der Waals surface area contributed by atoms with Gasteiger partial charge in [-0.15, -0.1) is 0 Å². The minimum absolute atomic E-state index is 0.0927. The van der Waals surface area contributed by atoms with Crippen LogP contribution in [-0.2, 0) is 40.7 Å². The van der Waals surface area contributed by atoms with Crippen LogP contribution < -0.4 is 54.5 Å². The van der Waals surface area contributed by atoms with Crippen LogP contribution in [-0.4, -0.2) is 89.9 Å². The second-order valence-electron chi connectivity index (χ2n) is 15.7. The monoisotopic (exact) mass is 1140 g/mol. The second kappa shape index (κ2) is 23.3. The lowest BCUT2D eigenvalue weighted by atomic mass is 9.97. The van der Waals surface area contributed by atoms with Gasteiger partial charge in [0.2, 0.25) is 23.6 Å². The summed E-state index contributed by atoms with van der Waals surface area (Å²) in [6.45, 7) is -0.163. The summed E-state index contributed by atoms with van der Waals surface area (Å²) >= 11 is 16.5. The van der Waals surface area contributed by atoms with Gasteiger partial charge in [-0.3, -0.25) is 24.0 Å². The zero-order chi connectivity index (χ0) is 53.5. The number of hydrogen-bond donors (Lipinski definition) is 6. The molecule has 19 nitrogen and oxygen atoms in total. The topological polar surface area (TPSA) is 255 Å². The van der Waals surface area contributed by atoms with Crippen molar-refractivity contribution in [3.8, 4) is 40.2 Å². The van der Waals surface area contributed by atoms with Crippen LogP contribution in [0.5, 0.6) is 40.2 Å². The molecule has 2 aliphatic rings. The Hall–Kier alpha value is -6.99. The van der Waals surface area contributed by atoms with E-state index in [9.17, 15) is 45.9 Å². The van der Waals surface area contributed by atoms with Gasteiger partial charge in [0, 0.05) is 24.7 Å². The molecule has 73 heavy (non-hydrogen) atoms. The average molecular weight is 1140 g/mol. The van der Waals surface area contributed by atoms with E-state index in [-0.39, 0.29) is 50.8 Å². The molecule has 0 spiro atoms. The van der Waals surface area contributed by atoms with Gasteiger partial charge in [0.15, 0.2) is 17.2 Å². The first-order valence-electron chi connectivity index (χ1n) is 21.1. The first-order valence-corrected chi connectivity index (χ1v) is 24.5. The van der Waals surface area contributed by atoms with E-state index in [4.69, 9.17) is 51.1 Å². The minimum Gasteiger partial charge on any atom is -0.497 e. The molecule has 4 bridgehead atoms. The number of hydrogen-bond acceptors (Lipinski definition) is 14. The Labute approximate surface area is 433 Å². The second-order valence-corrected chi connectivity index (χ2v) is 18.9. The molecule has 2 aliphatic heterocycles. The molecular formula is C47H43BrCl2F3N5O14S. The first kappa shape index (κ1) is 55.3. The van der Waals surface area contributed by atoms with E-state index in [0.29, 0.717) is 11.8 Å². The van der Waals surface area contributed by atoms with Crippen molar-refractivity contribution in [1.29, 1.82) is 0 Å². The Morgan fingerprint density at radius 2 is 1.48 bits per heavy atom. The van der Waals surface area contributed by atoms with Gasteiger partial charge in [0.25, 0.3) is 0 Å². The third kappa shape index (κ3) is 13.6. The van der Waals surface area contributed by atoms with Gasteiger partial charge >= 0.3 is 22.2 Å². The van der Waals surface area contributed by atoms with Crippen LogP contribution in [0.3, 0.4) is 0 Å². The molecule has 5 amide bonds. The number of likely N-dealkylation sites (N-methyl/N-ethyl adjacent to an activating group) is 1. The molecule has 0 saturated carbocycles. The number of carbonyl (C=O) groups is 5. The molecule has 0 unspecified atom stereocenters. The summed E-state index contributed by atoms with van der Waals surface area (Å²) in [5, 5.41) is 22.6. The molecule has 388 valence electrons.